The zero-order chi connectivity index (χ0) is 29.9. The van der Waals surface area contributed by atoms with E-state index >= 15 is 0 Å². The Hall–Kier alpha value is -4.06. The molecule has 2 heterocycles. The molecule has 0 N–H and O–H groups in total. The molecule has 0 saturated carbocycles. The van der Waals surface area contributed by atoms with Crippen LogP contribution < -0.4 is 9.64 Å². The van der Waals surface area contributed by atoms with Crippen molar-refractivity contribution in [3.8, 4) is 5.75 Å². The second-order valence-electron chi connectivity index (χ2n) is 9.91. The van der Waals surface area contributed by atoms with Crippen LogP contribution in [0.2, 0.25) is 0 Å². The Morgan fingerprint density at radius 2 is 1.74 bits per heavy atom. The summed E-state index contributed by atoms with van der Waals surface area (Å²) in [7, 11) is -2.21. The largest absolute Gasteiger partial charge is 0.492 e. The fourth-order valence-corrected chi connectivity index (χ4v) is 6.88. The number of thiazole rings is 1. The van der Waals surface area contributed by atoms with Crippen molar-refractivity contribution in [2.75, 3.05) is 25.1 Å². The van der Waals surface area contributed by atoms with Gasteiger partial charge in [0.1, 0.15) is 11.3 Å². The van der Waals surface area contributed by atoms with E-state index in [9.17, 15) is 13.2 Å². The van der Waals surface area contributed by atoms with Crippen molar-refractivity contribution in [3.05, 3.63) is 101 Å². The molecule has 0 atom stereocenters. The zero-order valence-electron chi connectivity index (χ0n) is 24.0. The lowest BCUT2D eigenvalue weighted by molar-refractivity contribution is 0.0985. The number of carbonyl (C=O) groups excluding carboxylic acids is 1. The molecule has 1 amide bonds. The third-order valence-corrected chi connectivity index (χ3v) is 9.70. The Morgan fingerprint density at radius 3 is 2.40 bits per heavy atom. The number of sulfonamides is 1. The molecule has 5 aromatic rings. The van der Waals surface area contributed by atoms with Crippen LogP contribution in [0.3, 0.4) is 0 Å². The lowest BCUT2D eigenvalue weighted by atomic mass is 10.2. The predicted molar refractivity (Wildman–Crippen MR) is 166 cm³/mol. The van der Waals surface area contributed by atoms with E-state index in [0.717, 1.165) is 21.7 Å². The molecule has 0 saturated heterocycles. The van der Waals surface area contributed by atoms with E-state index in [1.165, 1.54) is 27.8 Å². The number of para-hydroxylation sites is 1. The molecular formula is C31H33N5O4S2. The molecule has 0 aliphatic rings. The first-order chi connectivity index (χ1) is 20.2. The highest BCUT2D eigenvalue weighted by Gasteiger charge is 2.25. The standard InChI is InChI=1S/C31H33N5O4S2/c1-5-40-27-12-9-13-28-29(27)32-31(41-28)35(18-19-36-23(3)20-22(2)33-36)30(37)25-14-16-26(17-15-25)42(38,39)34(4)21-24-10-7-6-8-11-24/h6-17,20H,5,18-19,21H2,1-4H3. The van der Waals surface area contributed by atoms with Gasteiger partial charge in [0, 0.05) is 31.4 Å². The molecule has 11 heteroatoms. The van der Waals surface area contributed by atoms with Crippen LogP contribution in [-0.2, 0) is 23.1 Å². The average Bonchev–Trinajstić information content (AvgIpc) is 3.56. The van der Waals surface area contributed by atoms with Gasteiger partial charge in [0.05, 0.1) is 28.4 Å². The van der Waals surface area contributed by atoms with Gasteiger partial charge in [0.15, 0.2) is 5.13 Å². The van der Waals surface area contributed by atoms with Crippen molar-refractivity contribution in [2.45, 2.75) is 38.8 Å². The predicted octanol–water partition coefficient (Wildman–Crippen LogP) is 5.68. The van der Waals surface area contributed by atoms with Gasteiger partial charge in [0.25, 0.3) is 5.91 Å². The molecule has 9 nitrogen and oxygen atoms in total. The van der Waals surface area contributed by atoms with Crippen molar-refractivity contribution in [1.82, 2.24) is 19.1 Å². The number of fused-ring (bicyclic) bond motifs is 1. The second kappa shape index (κ2) is 12.4. The minimum Gasteiger partial charge on any atom is -0.492 e. The zero-order valence-corrected chi connectivity index (χ0v) is 25.7. The minimum absolute atomic E-state index is 0.119. The Kier molecular flexibility index (Phi) is 8.72. The molecule has 2 aromatic heterocycles. The second-order valence-corrected chi connectivity index (χ2v) is 13.0. The molecule has 0 fully saturated rings. The van der Waals surface area contributed by atoms with Crippen LogP contribution in [0.1, 0.15) is 34.2 Å². The summed E-state index contributed by atoms with van der Waals surface area (Å²) in [4.78, 5) is 20.5. The van der Waals surface area contributed by atoms with Crippen LogP contribution in [0.5, 0.6) is 5.75 Å². The summed E-state index contributed by atoms with van der Waals surface area (Å²) in [5, 5.41) is 5.08. The molecule has 0 aliphatic carbocycles. The number of benzene rings is 3. The van der Waals surface area contributed by atoms with Gasteiger partial charge < -0.3 is 4.74 Å². The third kappa shape index (κ3) is 6.23. The number of carbonyl (C=O) groups is 1. The summed E-state index contributed by atoms with van der Waals surface area (Å²) < 4.78 is 36.4. The Balaban J connectivity index is 1.43. The van der Waals surface area contributed by atoms with Crippen molar-refractivity contribution < 1.29 is 17.9 Å². The normalized spacial score (nSPS) is 11.7. The maximum atomic E-state index is 14.0. The van der Waals surface area contributed by atoms with Crippen LogP contribution in [-0.4, -0.2) is 53.6 Å². The number of nitrogens with zero attached hydrogens (tertiary/aromatic N) is 5. The van der Waals surface area contributed by atoms with Gasteiger partial charge >= 0.3 is 0 Å². The summed E-state index contributed by atoms with van der Waals surface area (Å²) in [6.07, 6.45) is 0. The summed E-state index contributed by atoms with van der Waals surface area (Å²) in [5.74, 6) is 0.382. The van der Waals surface area contributed by atoms with E-state index in [-0.39, 0.29) is 17.3 Å². The number of aromatic nitrogens is 3. The molecule has 0 unspecified atom stereocenters. The third-order valence-electron chi connectivity index (χ3n) is 6.84. The van der Waals surface area contributed by atoms with Crippen LogP contribution in [0.4, 0.5) is 5.13 Å². The van der Waals surface area contributed by atoms with Crippen molar-refractivity contribution in [3.63, 3.8) is 0 Å². The summed E-state index contributed by atoms with van der Waals surface area (Å²) >= 11 is 1.41. The van der Waals surface area contributed by atoms with Crippen molar-refractivity contribution >= 4 is 42.6 Å². The Labute approximate surface area is 250 Å². The van der Waals surface area contributed by atoms with E-state index in [2.05, 4.69) is 5.10 Å². The highest BCUT2D eigenvalue weighted by Crippen LogP contribution is 2.35. The van der Waals surface area contributed by atoms with Crippen LogP contribution in [0, 0.1) is 13.8 Å². The van der Waals surface area contributed by atoms with Gasteiger partial charge in [-0.25, -0.2) is 13.4 Å². The molecule has 5 rings (SSSR count). The van der Waals surface area contributed by atoms with Crippen molar-refractivity contribution in [2.24, 2.45) is 0 Å². The smallest absolute Gasteiger partial charge is 0.260 e. The highest BCUT2D eigenvalue weighted by molar-refractivity contribution is 7.89. The number of hydrogen-bond donors (Lipinski definition) is 0. The monoisotopic (exact) mass is 603 g/mol. The number of hydrogen-bond acceptors (Lipinski definition) is 7. The molecule has 42 heavy (non-hydrogen) atoms. The van der Waals surface area contributed by atoms with Gasteiger partial charge in [0.2, 0.25) is 10.0 Å². The van der Waals surface area contributed by atoms with E-state index in [4.69, 9.17) is 9.72 Å². The summed E-state index contributed by atoms with van der Waals surface area (Å²) in [6, 6.07) is 23.2. The molecule has 0 spiro atoms. The fourth-order valence-electron chi connectivity index (χ4n) is 4.71. The lowest BCUT2D eigenvalue weighted by Crippen LogP contribution is -2.34. The summed E-state index contributed by atoms with van der Waals surface area (Å²) in [5.41, 5.74) is 3.85. The van der Waals surface area contributed by atoms with Crippen molar-refractivity contribution in [1.29, 1.82) is 0 Å². The Morgan fingerprint density at radius 1 is 1.00 bits per heavy atom. The van der Waals surface area contributed by atoms with Crippen LogP contribution in [0.25, 0.3) is 10.2 Å². The van der Waals surface area contributed by atoms with Gasteiger partial charge in [-0.2, -0.15) is 9.40 Å². The average molecular weight is 604 g/mol. The molecule has 218 valence electrons. The van der Waals surface area contributed by atoms with Gasteiger partial charge in [-0.3, -0.25) is 14.4 Å². The number of amides is 1. The molecule has 0 aliphatic heterocycles. The first-order valence-corrected chi connectivity index (χ1v) is 15.9. The maximum Gasteiger partial charge on any atom is 0.260 e. The van der Waals surface area contributed by atoms with E-state index in [1.54, 1.807) is 24.1 Å². The molecular weight excluding hydrogens is 571 g/mol. The minimum atomic E-state index is -3.76. The first-order valence-electron chi connectivity index (χ1n) is 13.6. The molecule has 0 bridgehead atoms. The molecule has 0 radical (unpaired) electrons. The van der Waals surface area contributed by atoms with Gasteiger partial charge in [-0.05, 0) is 68.8 Å². The maximum absolute atomic E-state index is 14.0. The van der Waals surface area contributed by atoms with E-state index in [0.29, 0.717) is 41.7 Å². The molecule has 3 aromatic carbocycles. The number of ether oxygens (including phenoxy) is 1. The van der Waals surface area contributed by atoms with Gasteiger partial charge in [-0.1, -0.05) is 47.7 Å². The SMILES string of the molecule is CCOc1cccc2sc(N(CCn3nc(C)cc3C)C(=O)c3ccc(S(=O)(=O)N(C)Cc4ccccc4)cc3)nc12. The quantitative estimate of drug-likeness (QED) is 0.193. The van der Waals surface area contributed by atoms with Gasteiger partial charge in [-0.15, -0.1) is 0 Å². The van der Waals surface area contributed by atoms with Crippen LogP contribution in [0.15, 0.2) is 83.8 Å². The highest BCUT2D eigenvalue weighted by atomic mass is 32.2. The summed E-state index contributed by atoms with van der Waals surface area (Å²) in [6.45, 7) is 7.36. The Bertz CT molecular complexity index is 1800. The number of anilines is 1. The number of rotatable bonds is 11. The number of aryl methyl sites for hydroxylation is 2. The fraction of sp³-hybridized carbons (Fsp3) is 0.258. The van der Waals surface area contributed by atoms with Crippen LogP contribution >= 0.6 is 11.3 Å². The topological polar surface area (TPSA) is 97.6 Å². The first kappa shape index (κ1) is 29.4. The lowest BCUT2D eigenvalue weighted by Gasteiger charge is -2.21. The van der Waals surface area contributed by atoms with E-state index < -0.39 is 10.0 Å². The van der Waals surface area contributed by atoms with E-state index in [1.807, 2.05) is 80.1 Å².